The number of urea groups is 1. The molecule has 5 rings (SSSR count). The topological polar surface area (TPSA) is 55.9 Å². The van der Waals surface area contributed by atoms with Crippen LogP contribution in [-0.4, -0.2) is 59.5 Å². The van der Waals surface area contributed by atoms with E-state index in [2.05, 4.69) is 46.3 Å². The highest BCUT2D eigenvalue weighted by Crippen LogP contribution is 2.33. The molecule has 0 aliphatic carbocycles. The molecule has 6 nitrogen and oxygen atoms in total. The van der Waals surface area contributed by atoms with E-state index < -0.39 is 5.54 Å². The van der Waals surface area contributed by atoms with Crippen molar-refractivity contribution in [3.05, 3.63) is 107 Å². The van der Waals surface area contributed by atoms with Crippen LogP contribution in [0.2, 0.25) is 0 Å². The molecule has 0 saturated carbocycles. The Bertz CT molecular complexity index is 1180. The number of hydrogen-bond acceptors (Lipinski definition) is 4. The summed E-state index contributed by atoms with van der Waals surface area (Å²) in [5.74, 6) is -0.181. The van der Waals surface area contributed by atoms with E-state index in [0.717, 1.165) is 43.9 Å². The number of carbonyl (C=O) groups excluding carboxylic acids is 2. The van der Waals surface area contributed by atoms with Crippen LogP contribution in [0.5, 0.6) is 0 Å². The standard InChI is InChI=1S/C29H32N4O2/c1-23-9-8-12-25(19-23)21-31-15-17-32(18-16-31)22-33-27(34)29(30-28(33)35,26-13-6-3-7-14-26)20-24-10-4-2-5-11-24/h2-14,19H,15-18,20-22H2,1H3,(H,30,35)/t29-/m0/s1. The normalized spacial score (nSPS) is 21.3. The maximum atomic E-state index is 13.9. The first-order chi connectivity index (χ1) is 17.0. The first kappa shape index (κ1) is 23.3. The van der Waals surface area contributed by atoms with Gasteiger partial charge in [0.05, 0.1) is 6.67 Å². The number of benzene rings is 3. The highest BCUT2D eigenvalue weighted by molar-refractivity contribution is 6.07. The van der Waals surface area contributed by atoms with E-state index >= 15 is 0 Å². The molecule has 35 heavy (non-hydrogen) atoms. The molecule has 2 fully saturated rings. The number of rotatable bonds is 7. The molecule has 6 heteroatoms. The summed E-state index contributed by atoms with van der Waals surface area (Å²) >= 11 is 0. The second kappa shape index (κ2) is 10.0. The first-order valence-corrected chi connectivity index (χ1v) is 12.3. The van der Waals surface area contributed by atoms with Crippen LogP contribution in [0, 0.1) is 6.92 Å². The van der Waals surface area contributed by atoms with Crippen LogP contribution in [0.15, 0.2) is 84.9 Å². The van der Waals surface area contributed by atoms with Crippen molar-refractivity contribution in [1.29, 1.82) is 0 Å². The van der Waals surface area contributed by atoms with Crippen molar-refractivity contribution in [2.24, 2.45) is 0 Å². The number of nitrogens with one attached hydrogen (secondary N) is 1. The molecule has 0 radical (unpaired) electrons. The van der Waals surface area contributed by atoms with E-state index in [-0.39, 0.29) is 11.9 Å². The van der Waals surface area contributed by atoms with Gasteiger partial charge < -0.3 is 5.32 Å². The summed E-state index contributed by atoms with van der Waals surface area (Å²) in [6.07, 6.45) is 0.420. The van der Waals surface area contributed by atoms with Gasteiger partial charge in [-0.15, -0.1) is 0 Å². The maximum absolute atomic E-state index is 13.9. The summed E-state index contributed by atoms with van der Waals surface area (Å²) in [6, 6.07) is 27.8. The van der Waals surface area contributed by atoms with Crippen LogP contribution in [0.1, 0.15) is 22.3 Å². The summed E-state index contributed by atoms with van der Waals surface area (Å²) in [5, 5.41) is 3.07. The molecule has 1 atom stereocenters. The minimum absolute atomic E-state index is 0.181. The molecule has 0 aromatic heterocycles. The predicted octanol–water partition coefficient (Wildman–Crippen LogP) is 3.76. The summed E-state index contributed by atoms with van der Waals surface area (Å²) in [6.45, 7) is 6.81. The molecular weight excluding hydrogens is 436 g/mol. The monoisotopic (exact) mass is 468 g/mol. The van der Waals surface area contributed by atoms with E-state index in [9.17, 15) is 9.59 Å². The number of hydrogen-bond donors (Lipinski definition) is 1. The highest BCUT2D eigenvalue weighted by atomic mass is 16.2. The molecule has 1 N–H and O–H groups in total. The van der Waals surface area contributed by atoms with Crippen molar-refractivity contribution < 1.29 is 9.59 Å². The third kappa shape index (κ3) is 4.99. The zero-order chi connectivity index (χ0) is 24.3. The van der Waals surface area contributed by atoms with Crippen molar-refractivity contribution in [2.75, 3.05) is 32.8 Å². The first-order valence-electron chi connectivity index (χ1n) is 12.3. The number of piperazine rings is 1. The van der Waals surface area contributed by atoms with Gasteiger partial charge in [-0.1, -0.05) is 90.5 Å². The van der Waals surface area contributed by atoms with Crippen molar-refractivity contribution >= 4 is 11.9 Å². The second-order valence-electron chi connectivity index (χ2n) is 9.62. The number of nitrogens with zero attached hydrogens (tertiary/aromatic N) is 3. The average molecular weight is 469 g/mol. The Kier molecular flexibility index (Phi) is 6.66. The maximum Gasteiger partial charge on any atom is 0.326 e. The van der Waals surface area contributed by atoms with Crippen molar-refractivity contribution in [3.63, 3.8) is 0 Å². The molecule has 2 aliphatic heterocycles. The fourth-order valence-electron chi connectivity index (χ4n) is 5.15. The minimum atomic E-state index is -1.09. The molecule has 0 spiro atoms. The van der Waals surface area contributed by atoms with E-state index in [1.807, 2.05) is 60.7 Å². The van der Waals surface area contributed by atoms with Gasteiger partial charge >= 0.3 is 6.03 Å². The molecular formula is C29H32N4O2. The number of amides is 3. The molecule has 2 saturated heterocycles. The van der Waals surface area contributed by atoms with E-state index in [1.165, 1.54) is 16.0 Å². The van der Waals surface area contributed by atoms with Gasteiger partial charge in [0.1, 0.15) is 0 Å². The zero-order valence-corrected chi connectivity index (χ0v) is 20.2. The SMILES string of the molecule is Cc1cccc(CN2CCN(CN3C(=O)N[C@@](Cc4ccccc4)(c4ccccc4)C3=O)CC2)c1. The smallest absolute Gasteiger partial charge is 0.319 e. The van der Waals surface area contributed by atoms with Gasteiger partial charge in [-0.3, -0.25) is 14.6 Å². The largest absolute Gasteiger partial charge is 0.326 e. The number of aryl methyl sites for hydroxylation is 1. The van der Waals surface area contributed by atoms with Gasteiger partial charge in [0.25, 0.3) is 5.91 Å². The molecule has 0 bridgehead atoms. The van der Waals surface area contributed by atoms with Crippen molar-refractivity contribution in [1.82, 2.24) is 20.0 Å². The molecule has 2 heterocycles. The summed E-state index contributed by atoms with van der Waals surface area (Å²) in [4.78, 5) is 33.0. The van der Waals surface area contributed by atoms with Gasteiger partial charge in [0.15, 0.2) is 5.54 Å². The lowest BCUT2D eigenvalue weighted by Crippen LogP contribution is -2.51. The predicted molar refractivity (Wildman–Crippen MR) is 137 cm³/mol. The molecule has 0 unspecified atom stereocenters. The minimum Gasteiger partial charge on any atom is -0.319 e. The molecule has 3 amide bonds. The lowest BCUT2D eigenvalue weighted by molar-refractivity contribution is -0.133. The van der Waals surface area contributed by atoms with Gasteiger partial charge in [0, 0.05) is 39.1 Å². The van der Waals surface area contributed by atoms with Crippen LogP contribution < -0.4 is 5.32 Å². The number of imide groups is 1. The van der Waals surface area contributed by atoms with Gasteiger partial charge in [-0.05, 0) is 23.6 Å². The van der Waals surface area contributed by atoms with Gasteiger partial charge in [-0.25, -0.2) is 9.69 Å². The van der Waals surface area contributed by atoms with E-state index in [4.69, 9.17) is 0 Å². The van der Waals surface area contributed by atoms with Gasteiger partial charge in [-0.2, -0.15) is 0 Å². The van der Waals surface area contributed by atoms with Crippen molar-refractivity contribution in [2.45, 2.75) is 25.4 Å². The fraction of sp³-hybridized carbons (Fsp3) is 0.310. The molecule has 3 aromatic rings. The highest BCUT2D eigenvalue weighted by Gasteiger charge is 2.52. The average Bonchev–Trinajstić information content (AvgIpc) is 3.11. The summed E-state index contributed by atoms with van der Waals surface area (Å²) in [5.41, 5.74) is 3.33. The van der Waals surface area contributed by atoms with Crippen LogP contribution in [0.4, 0.5) is 4.79 Å². The van der Waals surface area contributed by atoms with E-state index in [0.29, 0.717) is 13.1 Å². The second-order valence-corrected chi connectivity index (χ2v) is 9.62. The Hall–Kier alpha value is -3.48. The Balaban J connectivity index is 1.28. The Morgan fingerprint density at radius 3 is 2.09 bits per heavy atom. The van der Waals surface area contributed by atoms with Crippen LogP contribution >= 0.6 is 0 Å². The Morgan fingerprint density at radius 2 is 1.40 bits per heavy atom. The lowest BCUT2D eigenvalue weighted by Gasteiger charge is -2.36. The van der Waals surface area contributed by atoms with Crippen LogP contribution in [0.3, 0.4) is 0 Å². The Morgan fingerprint density at radius 1 is 0.771 bits per heavy atom. The lowest BCUT2D eigenvalue weighted by atomic mass is 9.83. The van der Waals surface area contributed by atoms with Crippen molar-refractivity contribution in [3.8, 4) is 0 Å². The Labute approximate surface area is 207 Å². The van der Waals surface area contributed by atoms with E-state index in [1.54, 1.807) is 0 Å². The van der Waals surface area contributed by atoms with Crippen LogP contribution in [-0.2, 0) is 23.3 Å². The fourth-order valence-corrected chi connectivity index (χ4v) is 5.15. The quantitative estimate of drug-likeness (QED) is 0.537. The third-order valence-electron chi connectivity index (χ3n) is 7.05. The van der Waals surface area contributed by atoms with Crippen LogP contribution in [0.25, 0.3) is 0 Å². The molecule has 2 aliphatic rings. The number of carbonyl (C=O) groups is 2. The van der Waals surface area contributed by atoms with Gasteiger partial charge in [0.2, 0.25) is 0 Å². The summed E-state index contributed by atoms with van der Waals surface area (Å²) < 4.78 is 0. The molecule has 3 aromatic carbocycles. The zero-order valence-electron chi connectivity index (χ0n) is 20.2. The summed E-state index contributed by atoms with van der Waals surface area (Å²) in [7, 11) is 0. The third-order valence-corrected chi connectivity index (χ3v) is 7.05. The molecule has 180 valence electrons.